The second kappa shape index (κ2) is 6.29. The fourth-order valence-electron chi connectivity index (χ4n) is 1.50. The van der Waals surface area contributed by atoms with E-state index >= 15 is 0 Å². The highest BCUT2D eigenvalue weighted by Crippen LogP contribution is 2.14. The minimum absolute atomic E-state index is 0.348. The lowest BCUT2D eigenvalue weighted by Gasteiger charge is -2.06. The fraction of sp³-hybridized carbons (Fsp3) is 0.0714. The van der Waals surface area contributed by atoms with Crippen LogP contribution in [-0.4, -0.2) is 16.8 Å². The summed E-state index contributed by atoms with van der Waals surface area (Å²) < 4.78 is 0.893. The van der Waals surface area contributed by atoms with Gasteiger partial charge in [0.25, 0.3) is 0 Å². The Morgan fingerprint density at radius 2 is 1.70 bits per heavy atom. The van der Waals surface area contributed by atoms with Crippen LogP contribution in [0.4, 0.5) is 11.5 Å². The number of carbonyl (C=O) groups is 2. The minimum Gasteiger partial charge on any atom is -0.318 e. The van der Waals surface area contributed by atoms with Crippen molar-refractivity contribution in [1.82, 2.24) is 4.98 Å². The summed E-state index contributed by atoms with van der Waals surface area (Å²) in [6.45, 7) is 1.87. The van der Waals surface area contributed by atoms with Crippen molar-refractivity contribution in [3.8, 4) is 0 Å². The predicted molar refractivity (Wildman–Crippen MR) is 80.4 cm³/mol. The normalized spacial score (nSPS) is 9.90. The van der Waals surface area contributed by atoms with E-state index in [1.54, 1.807) is 42.6 Å². The molecule has 5 nitrogen and oxygen atoms in total. The van der Waals surface area contributed by atoms with E-state index in [-0.39, 0.29) is 0 Å². The monoisotopic (exact) mass is 333 g/mol. The Morgan fingerprint density at radius 3 is 2.35 bits per heavy atom. The summed E-state index contributed by atoms with van der Waals surface area (Å²) in [6.07, 6.45) is 1.57. The van der Waals surface area contributed by atoms with Crippen molar-refractivity contribution in [2.45, 2.75) is 6.92 Å². The van der Waals surface area contributed by atoms with Crippen LogP contribution in [0, 0.1) is 6.92 Å². The van der Waals surface area contributed by atoms with Gasteiger partial charge in [-0.1, -0.05) is 15.9 Å². The van der Waals surface area contributed by atoms with Crippen molar-refractivity contribution in [2.75, 3.05) is 10.6 Å². The van der Waals surface area contributed by atoms with Crippen LogP contribution in [0.15, 0.2) is 47.1 Å². The maximum Gasteiger partial charge on any atom is 0.315 e. The van der Waals surface area contributed by atoms with E-state index in [1.165, 1.54) is 0 Å². The van der Waals surface area contributed by atoms with Crippen molar-refractivity contribution in [1.29, 1.82) is 0 Å². The van der Waals surface area contributed by atoms with Crippen LogP contribution in [0.25, 0.3) is 0 Å². The van der Waals surface area contributed by atoms with Crippen molar-refractivity contribution in [3.05, 3.63) is 52.6 Å². The van der Waals surface area contributed by atoms with Gasteiger partial charge < -0.3 is 10.6 Å². The highest BCUT2D eigenvalue weighted by atomic mass is 79.9. The zero-order valence-electron chi connectivity index (χ0n) is 10.7. The van der Waals surface area contributed by atoms with Gasteiger partial charge in [0, 0.05) is 16.4 Å². The minimum atomic E-state index is -0.758. The number of pyridine rings is 1. The molecule has 0 aliphatic heterocycles. The number of anilines is 2. The van der Waals surface area contributed by atoms with Gasteiger partial charge in [-0.15, -0.1) is 0 Å². The van der Waals surface area contributed by atoms with Crippen LogP contribution in [-0.2, 0) is 9.59 Å². The number of rotatable bonds is 2. The number of benzene rings is 1. The van der Waals surface area contributed by atoms with Gasteiger partial charge in [0.1, 0.15) is 5.82 Å². The third-order valence-corrected chi connectivity index (χ3v) is 2.99. The van der Waals surface area contributed by atoms with Gasteiger partial charge in [-0.05, 0) is 48.9 Å². The molecule has 2 amide bonds. The number of nitrogens with one attached hydrogen (secondary N) is 2. The van der Waals surface area contributed by atoms with Gasteiger partial charge in [0.05, 0.1) is 0 Å². The lowest BCUT2D eigenvalue weighted by molar-refractivity contribution is -0.133. The average molecular weight is 334 g/mol. The van der Waals surface area contributed by atoms with Crippen molar-refractivity contribution < 1.29 is 9.59 Å². The second-order valence-corrected chi connectivity index (χ2v) is 5.05. The second-order valence-electron chi connectivity index (χ2n) is 4.13. The summed E-state index contributed by atoms with van der Waals surface area (Å²) in [7, 11) is 0. The largest absolute Gasteiger partial charge is 0.318 e. The summed E-state index contributed by atoms with van der Waals surface area (Å²) in [5, 5.41) is 4.95. The molecule has 102 valence electrons. The van der Waals surface area contributed by atoms with E-state index in [1.807, 2.05) is 6.92 Å². The van der Waals surface area contributed by atoms with Crippen molar-refractivity contribution in [2.24, 2.45) is 0 Å². The smallest absolute Gasteiger partial charge is 0.315 e. The molecule has 20 heavy (non-hydrogen) atoms. The molecule has 2 rings (SSSR count). The molecule has 6 heteroatoms. The number of amides is 2. The number of aromatic nitrogens is 1. The Kier molecular flexibility index (Phi) is 4.47. The molecular formula is C14H12BrN3O2. The van der Waals surface area contributed by atoms with Crippen molar-refractivity contribution in [3.63, 3.8) is 0 Å². The highest BCUT2D eigenvalue weighted by molar-refractivity contribution is 9.10. The molecule has 0 saturated heterocycles. The fourth-order valence-corrected chi connectivity index (χ4v) is 1.76. The van der Waals surface area contributed by atoms with Gasteiger partial charge >= 0.3 is 11.8 Å². The Morgan fingerprint density at radius 1 is 1.05 bits per heavy atom. The predicted octanol–water partition coefficient (Wildman–Crippen LogP) is 2.73. The zero-order chi connectivity index (χ0) is 14.5. The standard InChI is InChI=1S/C14H12BrN3O2/c1-9-6-7-16-12(8-9)18-14(20)13(19)17-11-4-2-10(15)3-5-11/h2-8H,1H3,(H,17,19)(H,16,18,20). The summed E-state index contributed by atoms with van der Waals surface area (Å²) in [6, 6.07) is 10.4. The first-order valence-electron chi connectivity index (χ1n) is 5.85. The number of hydrogen-bond acceptors (Lipinski definition) is 3. The number of aryl methyl sites for hydroxylation is 1. The molecule has 0 atom stereocenters. The molecule has 1 heterocycles. The van der Waals surface area contributed by atoms with Crippen LogP contribution >= 0.6 is 15.9 Å². The summed E-state index contributed by atoms with van der Waals surface area (Å²) in [4.78, 5) is 27.4. The molecule has 0 unspecified atom stereocenters. The van der Waals surface area contributed by atoms with E-state index in [0.29, 0.717) is 11.5 Å². The molecule has 0 aliphatic rings. The Hall–Kier alpha value is -2.21. The molecule has 0 saturated carbocycles. The quantitative estimate of drug-likeness (QED) is 0.830. The molecule has 0 bridgehead atoms. The highest BCUT2D eigenvalue weighted by Gasteiger charge is 2.14. The Bertz CT molecular complexity index is 641. The first kappa shape index (κ1) is 14.2. The van der Waals surface area contributed by atoms with Crippen LogP contribution in [0.2, 0.25) is 0 Å². The molecule has 0 radical (unpaired) electrons. The zero-order valence-corrected chi connectivity index (χ0v) is 12.3. The van der Waals surface area contributed by atoms with E-state index in [4.69, 9.17) is 0 Å². The SMILES string of the molecule is Cc1ccnc(NC(=O)C(=O)Nc2ccc(Br)cc2)c1. The third-order valence-electron chi connectivity index (χ3n) is 2.47. The summed E-state index contributed by atoms with van der Waals surface area (Å²) in [5.41, 5.74) is 1.49. The molecule has 1 aromatic carbocycles. The van der Waals surface area contributed by atoms with E-state index < -0.39 is 11.8 Å². The van der Waals surface area contributed by atoms with E-state index in [2.05, 4.69) is 31.5 Å². The topological polar surface area (TPSA) is 71.1 Å². The Balaban J connectivity index is 1.98. The van der Waals surface area contributed by atoms with Gasteiger partial charge in [0.2, 0.25) is 0 Å². The maximum absolute atomic E-state index is 11.7. The number of carbonyl (C=O) groups excluding carboxylic acids is 2. The molecular weight excluding hydrogens is 322 g/mol. The van der Waals surface area contributed by atoms with Gasteiger partial charge in [0.15, 0.2) is 0 Å². The van der Waals surface area contributed by atoms with Crippen LogP contribution in [0.5, 0.6) is 0 Å². The summed E-state index contributed by atoms with van der Waals surface area (Å²) in [5.74, 6) is -1.15. The molecule has 0 spiro atoms. The lowest BCUT2D eigenvalue weighted by Crippen LogP contribution is -2.29. The average Bonchev–Trinajstić information content (AvgIpc) is 2.41. The van der Waals surface area contributed by atoms with Crippen LogP contribution in [0.1, 0.15) is 5.56 Å². The molecule has 0 fully saturated rings. The van der Waals surface area contributed by atoms with Gasteiger partial charge in [-0.2, -0.15) is 0 Å². The molecule has 0 aliphatic carbocycles. The molecule has 2 aromatic rings. The molecule has 2 N–H and O–H groups in total. The first-order valence-corrected chi connectivity index (χ1v) is 6.64. The van der Waals surface area contributed by atoms with Gasteiger partial charge in [-0.25, -0.2) is 4.98 Å². The first-order chi connectivity index (χ1) is 9.54. The number of nitrogens with zero attached hydrogens (tertiary/aromatic N) is 1. The van der Waals surface area contributed by atoms with E-state index in [0.717, 1.165) is 10.0 Å². The number of hydrogen-bond donors (Lipinski definition) is 2. The van der Waals surface area contributed by atoms with Crippen LogP contribution in [0.3, 0.4) is 0 Å². The maximum atomic E-state index is 11.7. The van der Waals surface area contributed by atoms with Crippen molar-refractivity contribution >= 4 is 39.2 Å². The number of halogens is 1. The molecule has 1 aromatic heterocycles. The van der Waals surface area contributed by atoms with Crippen LogP contribution < -0.4 is 10.6 Å². The lowest BCUT2D eigenvalue weighted by atomic mass is 10.3. The van der Waals surface area contributed by atoms with Gasteiger partial charge in [-0.3, -0.25) is 9.59 Å². The Labute approximate surface area is 124 Å². The third kappa shape index (κ3) is 3.89. The van der Waals surface area contributed by atoms with E-state index in [9.17, 15) is 9.59 Å². The summed E-state index contributed by atoms with van der Waals surface area (Å²) >= 11 is 3.29.